The molecule has 5 nitrogen and oxygen atoms in total. The molecule has 0 spiro atoms. The molecule has 0 saturated heterocycles. The van der Waals surface area contributed by atoms with Gasteiger partial charge in [0.2, 0.25) is 0 Å². The number of carbonyl (C=O) groups is 1. The second-order valence-electron chi connectivity index (χ2n) is 4.85. The molecule has 1 aromatic heterocycles. The maximum absolute atomic E-state index is 13.4. The fourth-order valence-corrected chi connectivity index (χ4v) is 2.10. The molecule has 0 bridgehead atoms. The van der Waals surface area contributed by atoms with Crippen molar-refractivity contribution in [3.8, 4) is 0 Å². The van der Waals surface area contributed by atoms with Gasteiger partial charge in [-0.3, -0.25) is 9.58 Å². The largest absolute Gasteiger partial charge is 0.478 e. The molecule has 1 heterocycles. The number of hydrogen-bond donors (Lipinski definition) is 1. The minimum Gasteiger partial charge on any atom is -0.478 e. The van der Waals surface area contributed by atoms with Crippen LogP contribution in [0, 0.1) is 5.82 Å². The van der Waals surface area contributed by atoms with E-state index in [-0.39, 0.29) is 5.56 Å². The fraction of sp³-hybridized carbons (Fsp3) is 0.286. The van der Waals surface area contributed by atoms with E-state index in [1.807, 2.05) is 25.2 Å². The van der Waals surface area contributed by atoms with Crippen LogP contribution in [0.15, 0.2) is 30.6 Å². The van der Waals surface area contributed by atoms with Gasteiger partial charge in [0, 0.05) is 31.9 Å². The Hall–Kier alpha value is -2.21. The molecule has 0 aliphatic rings. The molecule has 1 aromatic carbocycles. The molecule has 1 N–H and O–H groups in total. The van der Waals surface area contributed by atoms with Gasteiger partial charge < -0.3 is 5.11 Å². The monoisotopic (exact) mass is 277 g/mol. The molecule has 0 atom stereocenters. The number of aryl methyl sites for hydroxylation is 1. The summed E-state index contributed by atoms with van der Waals surface area (Å²) in [4.78, 5) is 12.9. The highest BCUT2D eigenvalue weighted by molar-refractivity contribution is 5.87. The van der Waals surface area contributed by atoms with Crippen molar-refractivity contribution in [2.45, 2.75) is 13.1 Å². The Kier molecular flexibility index (Phi) is 4.14. The second-order valence-corrected chi connectivity index (χ2v) is 4.85. The maximum Gasteiger partial charge on any atom is 0.335 e. The number of benzene rings is 1. The summed E-state index contributed by atoms with van der Waals surface area (Å²) in [6.07, 6.45) is 3.68. The SMILES string of the molecule is CN(Cc1cc(F)cc(C(=O)O)c1)Cc1cnn(C)c1. The molecule has 106 valence electrons. The Morgan fingerprint density at radius 3 is 2.65 bits per heavy atom. The summed E-state index contributed by atoms with van der Waals surface area (Å²) < 4.78 is 15.1. The number of nitrogens with zero attached hydrogens (tertiary/aromatic N) is 3. The summed E-state index contributed by atoms with van der Waals surface area (Å²) in [5.41, 5.74) is 1.65. The third kappa shape index (κ3) is 3.64. The predicted molar refractivity (Wildman–Crippen MR) is 71.7 cm³/mol. The highest BCUT2D eigenvalue weighted by atomic mass is 19.1. The third-order valence-corrected chi connectivity index (χ3v) is 2.87. The molecule has 0 radical (unpaired) electrons. The predicted octanol–water partition coefficient (Wildman–Crippen LogP) is 1.89. The highest BCUT2D eigenvalue weighted by Gasteiger charge is 2.09. The van der Waals surface area contributed by atoms with Gasteiger partial charge in [-0.2, -0.15) is 5.10 Å². The van der Waals surface area contributed by atoms with Gasteiger partial charge in [-0.25, -0.2) is 9.18 Å². The zero-order valence-electron chi connectivity index (χ0n) is 11.4. The number of halogens is 1. The van der Waals surface area contributed by atoms with Gasteiger partial charge in [-0.1, -0.05) is 0 Å². The molecular formula is C14H16FN3O2. The Morgan fingerprint density at radius 1 is 1.35 bits per heavy atom. The first-order valence-corrected chi connectivity index (χ1v) is 6.13. The lowest BCUT2D eigenvalue weighted by Gasteiger charge is -2.16. The van der Waals surface area contributed by atoms with Crippen LogP contribution in [0.4, 0.5) is 4.39 Å². The number of aromatic nitrogens is 2. The summed E-state index contributed by atoms with van der Waals surface area (Å²) in [7, 11) is 3.73. The molecule has 0 unspecified atom stereocenters. The Morgan fingerprint density at radius 2 is 2.05 bits per heavy atom. The van der Waals surface area contributed by atoms with Crippen molar-refractivity contribution in [1.82, 2.24) is 14.7 Å². The molecule has 0 aliphatic carbocycles. The number of carboxylic acid groups (broad SMARTS) is 1. The van der Waals surface area contributed by atoms with Crippen molar-refractivity contribution in [2.24, 2.45) is 7.05 Å². The smallest absolute Gasteiger partial charge is 0.335 e. The summed E-state index contributed by atoms with van der Waals surface area (Å²) in [6.45, 7) is 1.12. The zero-order chi connectivity index (χ0) is 14.7. The van der Waals surface area contributed by atoms with Crippen LogP contribution in [0.5, 0.6) is 0 Å². The lowest BCUT2D eigenvalue weighted by atomic mass is 10.1. The lowest BCUT2D eigenvalue weighted by Crippen LogP contribution is -2.17. The topological polar surface area (TPSA) is 58.4 Å². The van der Waals surface area contributed by atoms with Gasteiger partial charge >= 0.3 is 5.97 Å². The highest BCUT2D eigenvalue weighted by Crippen LogP contribution is 2.12. The number of carboxylic acids is 1. The standard InChI is InChI=1S/C14H16FN3O2/c1-17(8-11-6-16-18(2)9-11)7-10-3-12(14(19)20)5-13(15)4-10/h3-6,9H,7-8H2,1-2H3,(H,19,20). The normalized spacial score (nSPS) is 11.0. The van der Waals surface area contributed by atoms with Crippen LogP contribution in [0.3, 0.4) is 0 Å². The van der Waals surface area contributed by atoms with Crippen molar-refractivity contribution in [3.05, 3.63) is 53.1 Å². The van der Waals surface area contributed by atoms with Crippen LogP contribution in [0.1, 0.15) is 21.5 Å². The van der Waals surface area contributed by atoms with E-state index in [9.17, 15) is 9.18 Å². The van der Waals surface area contributed by atoms with E-state index in [1.165, 1.54) is 12.1 Å². The van der Waals surface area contributed by atoms with E-state index >= 15 is 0 Å². The van der Waals surface area contributed by atoms with Gasteiger partial charge in [0.15, 0.2) is 0 Å². The van der Waals surface area contributed by atoms with Gasteiger partial charge in [-0.15, -0.1) is 0 Å². The minimum absolute atomic E-state index is 0.0326. The van der Waals surface area contributed by atoms with Gasteiger partial charge in [0.25, 0.3) is 0 Å². The summed E-state index contributed by atoms with van der Waals surface area (Å²) in [5.74, 6) is -1.66. The van der Waals surface area contributed by atoms with E-state index in [1.54, 1.807) is 10.9 Å². The molecule has 20 heavy (non-hydrogen) atoms. The fourth-order valence-electron chi connectivity index (χ4n) is 2.10. The van der Waals surface area contributed by atoms with Crippen molar-refractivity contribution in [2.75, 3.05) is 7.05 Å². The lowest BCUT2D eigenvalue weighted by molar-refractivity contribution is 0.0696. The first-order chi connectivity index (χ1) is 9.44. The maximum atomic E-state index is 13.4. The van der Waals surface area contributed by atoms with E-state index in [2.05, 4.69) is 5.10 Å². The van der Waals surface area contributed by atoms with Crippen molar-refractivity contribution >= 4 is 5.97 Å². The number of hydrogen-bond acceptors (Lipinski definition) is 3. The van der Waals surface area contributed by atoms with E-state index in [0.717, 1.165) is 11.6 Å². The Bertz CT molecular complexity index is 625. The van der Waals surface area contributed by atoms with Crippen molar-refractivity contribution in [3.63, 3.8) is 0 Å². The molecule has 0 amide bonds. The average Bonchev–Trinajstić information content (AvgIpc) is 2.73. The minimum atomic E-state index is -1.12. The Labute approximate surface area is 116 Å². The molecule has 0 aliphatic heterocycles. The van der Waals surface area contributed by atoms with Gasteiger partial charge in [-0.05, 0) is 30.8 Å². The average molecular weight is 277 g/mol. The van der Waals surface area contributed by atoms with E-state index < -0.39 is 11.8 Å². The molecule has 0 fully saturated rings. The van der Waals surface area contributed by atoms with Crippen LogP contribution in [-0.4, -0.2) is 32.8 Å². The Balaban J connectivity index is 2.07. The molecule has 6 heteroatoms. The quantitative estimate of drug-likeness (QED) is 0.906. The summed E-state index contributed by atoms with van der Waals surface area (Å²) >= 11 is 0. The van der Waals surface area contributed by atoms with Crippen LogP contribution < -0.4 is 0 Å². The van der Waals surface area contributed by atoms with Crippen LogP contribution in [0.25, 0.3) is 0 Å². The van der Waals surface area contributed by atoms with Crippen LogP contribution in [0.2, 0.25) is 0 Å². The van der Waals surface area contributed by atoms with Crippen LogP contribution in [-0.2, 0) is 20.1 Å². The van der Waals surface area contributed by atoms with Crippen LogP contribution >= 0.6 is 0 Å². The number of rotatable bonds is 5. The third-order valence-electron chi connectivity index (χ3n) is 2.87. The van der Waals surface area contributed by atoms with E-state index in [0.29, 0.717) is 18.7 Å². The summed E-state index contributed by atoms with van der Waals surface area (Å²) in [5, 5.41) is 13.0. The summed E-state index contributed by atoms with van der Waals surface area (Å²) in [6, 6.07) is 3.87. The first kappa shape index (κ1) is 14.2. The molecule has 2 aromatic rings. The molecular weight excluding hydrogens is 261 g/mol. The van der Waals surface area contributed by atoms with Gasteiger partial charge in [0.05, 0.1) is 11.8 Å². The molecule has 0 saturated carbocycles. The first-order valence-electron chi connectivity index (χ1n) is 6.13. The van der Waals surface area contributed by atoms with Gasteiger partial charge in [0.1, 0.15) is 5.82 Å². The van der Waals surface area contributed by atoms with E-state index in [4.69, 9.17) is 5.11 Å². The number of aromatic carboxylic acids is 1. The zero-order valence-corrected chi connectivity index (χ0v) is 11.4. The van der Waals surface area contributed by atoms with Crippen molar-refractivity contribution in [1.29, 1.82) is 0 Å². The molecule has 2 rings (SSSR count). The second kappa shape index (κ2) is 5.83. The van der Waals surface area contributed by atoms with Crippen molar-refractivity contribution < 1.29 is 14.3 Å².